The molecular weight excluding hydrogens is 324 g/mol. The van der Waals surface area contributed by atoms with Gasteiger partial charge >= 0.3 is 0 Å². The van der Waals surface area contributed by atoms with Crippen LogP contribution >= 0.6 is 11.3 Å². The van der Waals surface area contributed by atoms with E-state index in [-0.39, 0.29) is 0 Å². The Bertz CT molecular complexity index is 845. The highest BCUT2D eigenvalue weighted by Gasteiger charge is 2.14. The van der Waals surface area contributed by atoms with Crippen molar-refractivity contribution in [2.24, 2.45) is 0 Å². The molecule has 24 heavy (non-hydrogen) atoms. The molecule has 3 aromatic rings. The molecule has 0 bridgehead atoms. The SMILES string of the molecule is Oc1ccc(Nc2ncnc3ccsc23)cc1CN1CCOCC1. The lowest BCUT2D eigenvalue weighted by Gasteiger charge is -2.27. The fourth-order valence-corrected chi connectivity index (χ4v) is 3.59. The number of anilines is 2. The second-order valence-corrected chi connectivity index (χ2v) is 6.63. The van der Waals surface area contributed by atoms with Crippen molar-refractivity contribution in [2.75, 3.05) is 31.6 Å². The van der Waals surface area contributed by atoms with E-state index in [1.54, 1.807) is 23.7 Å². The van der Waals surface area contributed by atoms with Crippen LogP contribution in [0.2, 0.25) is 0 Å². The topological polar surface area (TPSA) is 70.5 Å². The summed E-state index contributed by atoms with van der Waals surface area (Å²) >= 11 is 1.61. The molecule has 0 saturated carbocycles. The highest BCUT2D eigenvalue weighted by Crippen LogP contribution is 2.29. The van der Waals surface area contributed by atoms with E-state index >= 15 is 0 Å². The van der Waals surface area contributed by atoms with E-state index in [0.29, 0.717) is 12.3 Å². The number of fused-ring (bicyclic) bond motifs is 1. The third kappa shape index (κ3) is 3.19. The van der Waals surface area contributed by atoms with E-state index in [2.05, 4.69) is 20.2 Å². The summed E-state index contributed by atoms with van der Waals surface area (Å²) in [6.45, 7) is 3.98. The van der Waals surface area contributed by atoms with Gasteiger partial charge in [0.2, 0.25) is 0 Å². The number of aromatic nitrogens is 2. The van der Waals surface area contributed by atoms with Crippen LogP contribution in [0.3, 0.4) is 0 Å². The molecule has 0 amide bonds. The molecule has 0 aliphatic carbocycles. The minimum Gasteiger partial charge on any atom is -0.508 e. The maximum absolute atomic E-state index is 10.2. The van der Waals surface area contributed by atoms with E-state index in [1.807, 2.05) is 23.6 Å². The number of hydrogen-bond donors (Lipinski definition) is 2. The van der Waals surface area contributed by atoms with Crippen molar-refractivity contribution in [1.82, 2.24) is 14.9 Å². The Morgan fingerprint density at radius 3 is 2.96 bits per heavy atom. The summed E-state index contributed by atoms with van der Waals surface area (Å²) in [6, 6.07) is 7.55. The normalized spacial score (nSPS) is 15.7. The van der Waals surface area contributed by atoms with Crippen LogP contribution in [0.5, 0.6) is 5.75 Å². The van der Waals surface area contributed by atoms with E-state index in [1.165, 1.54) is 0 Å². The summed E-state index contributed by atoms with van der Waals surface area (Å²) in [7, 11) is 0. The van der Waals surface area contributed by atoms with Crippen molar-refractivity contribution in [3.8, 4) is 5.75 Å². The molecule has 1 fully saturated rings. The molecular formula is C17H18N4O2S. The molecule has 0 atom stereocenters. The van der Waals surface area contributed by atoms with E-state index in [4.69, 9.17) is 4.74 Å². The first-order valence-corrected chi connectivity index (χ1v) is 8.75. The lowest BCUT2D eigenvalue weighted by molar-refractivity contribution is 0.0339. The van der Waals surface area contributed by atoms with Gasteiger partial charge in [-0.2, -0.15) is 0 Å². The third-order valence-electron chi connectivity index (χ3n) is 4.08. The number of phenols is 1. The van der Waals surface area contributed by atoms with Crippen LogP contribution in [0.4, 0.5) is 11.5 Å². The second-order valence-electron chi connectivity index (χ2n) is 5.71. The predicted molar refractivity (Wildman–Crippen MR) is 94.9 cm³/mol. The molecule has 4 rings (SSSR count). The second kappa shape index (κ2) is 6.72. The highest BCUT2D eigenvalue weighted by molar-refractivity contribution is 7.17. The number of thiophene rings is 1. The predicted octanol–water partition coefficient (Wildman–Crippen LogP) is 2.97. The zero-order chi connectivity index (χ0) is 16.4. The maximum Gasteiger partial charge on any atom is 0.151 e. The summed E-state index contributed by atoms with van der Waals surface area (Å²) in [4.78, 5) is 10.9. The van der Waals surface area contributed by atoms with Crippen molar-refractivity contribution in [3.63, 3.8) is 0 Å². The molecule has 1 aromatic carbocycles. The van der Waals surface area contributed by atoms with Gasteiger partial charge in [0, 0.05) is 30.9 Å². The molecule has 0 radical (unpaired) electrons. The first-order valence-electron chi connectivity index (χ1n) is 7.87. The van der Waals surface area contributed by atoms with Crippen molar-refractivity contribution in [3.05, 3.63) is 41.5 Å². The number of ether oxygens (including phenoxy) is 1. The minimum absolute atomic E-state index is 0.316. The zero-order valence-corrected chi connectivity index (χ0v) is 13.9. The molecule has 1 aliphatic heterocycles. The first kappa shape index (κ1) is 15.3. The lowest BCUT2D eigenvalue weighted by Crippen LogP contribution is -2.35. The van der Waals surface area contributed by atoms with Gasteiger partial charge in [0.05, 0.1) is 23.4 Å². The van der Waals surface area contributed by atoms with Gasteiger partial charge in [-0.25, -0.2) is 9.97 Å². The van der Waals surface area contributed by atoms with Crippen LogP contribution in [0, 0.1) is 0 Å². The van der Waals surface area contributed by atoms with Crippen molar-refractivity contribution in [1.29, 1.82) is 0 Å². The van der Waals surface area contributed by atoms with E-state index < -0.39 is 0 Å². The van der Waals surface area contributed by atoms with Crippen LogP contribution < -0.4 is 5.32 Å². The van der Waals surface area contributed by atoms with Gasteiger partial charge in [-0.3, -0.25) is 4.90 Å². The molecule has 1 saturated heterocycles. The number of nitrogens with zero attached hydrogens (tertiary/aromatic N) is 3. The Kier molecular flexibility index (Phi) is 4.29. The standard InChI is InChI=1S/C17H18N4O2S/c22-15-2-1-13(9-12(15)10-21-4-6-23-7-5-21)20-17-16-14(3-8-24-16)18-11-19-17/h1-3,8-9,11,22H,4-7,10H2,(H,18,19,20). The Morgan fingerprint density at radius 1 is 1.21 bits per heavy atom. The smallest absolute Gasteiger partial charge is 0.151 e. The van der Waals surface area contributed by atoms with Gasteiger partial charge in [0.25, 0.3) is 0 Å². The fraction of sp³-hybridized carbons (Fsp3) is 0.294. The van der Waals surface area contributed by atoms with Gasteiger partial charge in [-0.15, -0.1) is 11.3 Å². The number of nitrogens with one attached hydrogen (secondary N) is 1. The third-order valence-corrected chi connectivity index (χ3v) is 4.99. The van der Waals surface area contributed by atoms with Crippen molar-refractivity contribution < 1.29 is 9.84 Å². The highest BCUT2D eigenvalue weighted by atomic mass is 32.1. The van der Waals surface area contributed by atoms with E-state index in [9.17, 15) is 5.11 Å². The maximum atomic E-state index is 10.2. The Hall–Kier alpha value is -2.22. The van der Waals surface area contributed by atoms with Crippen LogP contribution in [0.1, 0.15) is 5.56 Å². The monoisotopic (exact) mass is 342 g/mol. The van der Waals surface area contributed by atoms with Crippen molar-refractivity contribution in [2.45, 2.75) is 6.54 Å². The fourth-order valence-electron chi connectivity index (χ4n) is 2.80. The Morgan fingerprint density at radius 2 is 2.08 bits per heavy atom. The molecule has 124 valence electrons. The molecule has 0 unspecified atom stereocenters. The van der Waals surface area contributed by atoms with E-state index in [0.717, 1.165) is 53.6 Å². The van der Waals surface area contributed by atoms with Crippen LogP contribution in [0.15, 0.2) is 36.0 Å². The number of aromatic hydroxyl groups is 1. The molecule has 0 spiro atoms. The number of morpholine rings is 1. The number of rotatable bonds is 4. The molecule has 7 heteroatoms. The zero-order valence-electron chi connectivity index (χ0n) is 13.1. The van der Waals surface area contributed by atoms with Crippen LogP contribution in [0.25, 0.3) is 10.2 Å². The largest absolute Gasteiger partial charge is 0.508 e. The summed E-state index contributed by atoms with van der Waals surface area (Å²) in [5, 5.41) is 15.5. The number of benzene rings is 1. The molecule has 2 N–H and O–H groups in total. The number of phenolic OH excluding ortho intramolecular Hbond substituents is 1. The Labute approximate surface area is 143 Å². The van der Waals surface area contributed by atoms with Gasteiger partial charge < -0.3 is 15.2 Å². The first-order chi connectivity index (χ1) is 11.8. The van der Waals surface area contributed by atoms with Crippen LogP contribution in [-0.4, -0.2) is 46.3 Å². The summed E-state index contributed by atoms with van der Waals surface area (Å²) in [5.41, 5.74) is 2.74. The summed E-state index contributed by atoms with van der Waals surface area (Å²) in [5.74, 6) is 1.11. The van der Waals surface area contributed by atoms with Gasteiger partial charge in [0.1, 0.15) is 12.1 Å². The summed E-state index contributed by atoms with van der Waals surface area (Å²) < 4.78 is 6.40. The van der Waals surface area contributed by atoms with Gasteiger partial charge in [-0.05, 0) is 29.6 Å². The molecule has 2 aromatic heterocycles. The van der Waals surface area contributed by atoms with Crippen LogP contribution in [-0.2, 0) is 11.3 Å². The average Bonchev–Trinajstić information content (AvgIpc) is 3.09. The minimum atomic E-state index is 0.316. The molecule has 6 nitrogen and oxygen atoms in total. The average molecular weight is 342 g/mol. The Balaban J connectivity index is 1.57. The lowest BCUT2D eigenvalue weighted by atomic mass is 10.1. The van der Waals surface area contributed by atoms with Gasteiger partial charge in [0.15, 0.2) is 5.82 Å². The number of hydrogen-bond acceptors (Lipinski definition) is 7. The molecule has 3 heterocycles. The van der Waals surface area contributed by atoms with Crippen molar-refractivity contribution >= 4 is 33.1 Å². The molecule has 1 aliphatic rings. The quantitative estimate of drug-likeness (QED) is 0.711. The van der Waals surface area contributed by atoms with Gasteiger partial charge in [-0.1, -0.05) is 0 Å². The summed E-state index contributed by atoms with van der Waals surface area (Å²) in [6.07, 6.45) is 1.56.